The number of rotatable bonds is 3. The molecule has 0 spiro atoms. The lowest BCUT2D eigenvalue weighted by atomic mass is 9.74. The molecule has 3 aliphatic rings. The summed E-state index contributed by atoms with van der Waals surface area (Å²) in [7, 11) is 0. The summed E-state index contributed by atoms with van der Waals surface area (Å²) in [5, 5.41) is 0. The van der Waals surface area contributed by atoms with E-state index in [-0.39, 0.29) is 11.2 Å². The van der Waals surface area contributed by atoms with Gasteiger partial charge >= 0.3 is 0 Å². The van der Waals surface area contributed by atoms with E-state index in [1.807, 2.05) is 0 Å². The Bertz CT molecular complexity index is 192. The summed E-state index contributed by atoms with van der Waals surface area (Å²) in [6, 6.07) is 0. The zero-order valence-electron chi connectivity index (χ0n) is 7.42. The number of alkyl halides is 1. The predicted molar refractivity (Wildman–Crippen MR) is 55.9 cm³/mol. The largest absolute Gasteiger partial charge is 0.459 e. The van der Waals surface area contributed by atoms with E-state index in [4.69, 9.17) is 9.47 Å². The molecule has 0 atom stereocenters. The fourth-order valence-electron chi connectivity index (χ4n) is 2.16. The predicted octanol–water partition coefficient (Wildman–Crippen LogP) is 1.68. The van der Waals surface area contributed by atoms with Crippen LogP contribution < -0.4 is 0 Å². The van der Waals surface area contributed by atoms with Crippen LogP contribution in [-0.2, 0) is 14.3 Å². The van der Waals surface area contributed by atoms with Crippen molar-refractivity contribution in [3.8, 4) is 0 Å². The monoisotopic (exact) mass is 296 g/mol. The van der Waals surface area contributed by atoms with E-state index in [1.54, 1.807) is 0 Å². The SMILES string of the molecule is O=COC12CCC(CI)(CC1)OC2. The van der Waals surface area contributed by atoms with Gasteiger partial charge in [0.05, 0.1) is 12.2 Å². The Hall–Kier alpha value is 0.160. The molecule has 0 N–H and O–H groups in total. The molecule has 0 unspecified atom stereocenters. The molecule has 2 heterocycles. The van der Waals surface area contributed by atoms with Crippen LogP contribution >= 0.6 is 22.6 Å². The number of carbonyl (C=O) groups is 1. The van der Waals surface area contributed by atoms with Crippen LogP contribution in [0.25, 0.3) is 0 Å². The quantitative estimate of drug-likeness (QED) is 0.451. The maximum absolute atomic E-state index is 10.3. The third-order valence-electron chi connectivity index (χ3n) is 3.26. The van der Waals surface area contributed by atoms with Gasteiger partial charge in [-0.15, -0.1) is 0 Å². The molecule has 3 nitrogen and oxygen atoms in total. The van der Waals surface area contributed by atoms with E-state index in [0.717, 1.165) is 30.1 Å². The Morgan fingerprint density at radius 2 is 2.08 bits per heavy atom. The molecule has 0 aromatic heterocycles. The molecule has 4 heteroatoms. The van der Waals surface area contributed by atoms with E-state index in [0.29, 0.717) is 13.1 Å². The molecule has 2 saturated heterocycles. The summed E-state index contributed by atoms with van der Waals surface area (Å²) in [5.74, 6) is 0. The molecule has 1 saturated carbocycles. The van der Waals surface area contributed by atoms with Crippen LogP contribution in [0.15, 0.2) is 0 Å². The number of carbonyl (C=O) groups excluding carboxylic acids is 1. The molecule has 2 aliphatic heterocycles. The van der Waals surface area contributed by atoms with Crippen LogP contribution in [0.5, 0.6) is 0 Å². The highest BCUT2D eigenvalue weighted by molar-refractivity contribution is 14.1. The molecule has 2 bridgehead atoms. The van der Waals surface area contributed by atoms with Crippen LogP contribution in [0.3, 0.4) is 0 Å². The Balaban J connectivity index is 2.06. The van der Waals surface area contributed by atoms with Crippen LogP contribution in [0, 0.1) is 0 Å². The summed E-state index contributed by atoms with van der Waals surface area (Å²) in [6.45, 7) is 1.15. The molecule has 3 fully saturated rings. The highest BCUT2D eigenvalue weighted by Crippen LogP contribution is 2.45. The first-order valence-corrected chi connectivity index (χ1v) is 6.08. The fraction of sp³-hybridized carbons (Fsp3) is 0.889. The van der Waals surface area contributed by atoms with Gasteiger partial charge in [-0.1, -0.05) is 22.6 Å². The van der Waals surface area contributed by atoms with E-state index >= 15 is 0 Å². The second-order valence-corrected chi connectivity index (χ2v) is 4.77. The molecule has 0 aromatic rings. The molecule has 0 amide bonds. The van der Waals surface area contributed by atoms with Gasteiger partial charge < -0.3 is 9.47 Å². The van der Waals surface area contributed by atoms with Gasteiger partial charge in [0.15, 0.2) is 0 Å². The van der Waals surface area contributed by atoms with Gasteiger partial charge in [0.1, 0.15) is 5.60 Å². The van der Waals surface area contributed by atoms with Gasteiger partial charge in [0.2, 0.25) is 0 Å². The van der Waals surface area contributed by atoms with Crippen molar-refractivity contribution in [1.82, 2.24) is 0 Å². The Morgan fingerprint density at radius 3 is 2.46 bits per heavy atom. The second kappa shape index (κ2) is 3.38. The minimum atomic E-state index is -0.282. The highest BCUT2D eigenvalue weighted by atomic mass is 127. The maximum atomic E-state index is 10.3. The highest BCUT2D eigenvalue weighted by Gasteiger charge is 2.50. The summed E-state index contributed by atoms with van der Waals surface area (Å²) >= 11 is 2.37. The average Bonchev–Trinajstić information content (AvgIpc) is 2.21. The summed E-state index contributed by atoms with van der Waals surface area (Å²) in [4.78, 5) is 10.3. The van der Waals surface area contributed by atoms with Crippen molar-refractivity contribution in [3.63, 3.8) is 0 Å². The Morgan fingerprint density at radius 1 is 1.38 bits per heavy atom. The van der Waals surface area contributed by atoms with Gasteiger partial charge in [-0.3, -0.25) is 4.79 Å². The van der Waals surface area contributed by atoms with Crippen molar-refractivity contribution < 1.29 is 14.3 Å². The van der Waals surface area contributed by atoms with Crippen LogP contribution in [-0.4, -0.2) is 28.7 Å². The number of halogens is 1. The molecular formula is C9H13IO3. The first-order chi connectivity index (χ1) is 6.24. The van der Waals surface area contributed by atoms with Crippen molar-refractivity contribution >= 4 is 29.1 Å². The summed E-state index contributed by atoms with van der Waals surface area (Å²) in [6.07, 6.45) is 4.00. The number of hydrogen-bond acceptors (Lipinski definition) is 3. The molecule has 3 rings (SSSR count). The fourth-order valence-corrected chi connectivity index (χ4v) is 3.14. The Kier molecular flexibility index (Phi) is 2.53. The van der Waals surface area contributed by atoms with E-state index in [1.165, 1.54) is 0 Å². The molecular weight excluding hydrogens is 283 g/mol. The van der Waals surface area contributed by atoms with Gasteiger partial charge in [-0.05, 0) is 25.7 Å². The Labute approximate surface area is 91.3 Å². The van der Waals surface area contributed by atoms with E-state index in [2.05, 4.69) is 22.6 Å². The van der Waals surface area contributed by atoms with Crippen LogP contribution in [0.1, 0.15) is 25.7 Å². The standard InChI is InChI=1S/C9H13IO3/c10-5-8-1-3-9(4-2-8,6-12-8)13-7-11/h7H,1-6H2. The number of hydrogen-bond donors (Lipinski definition) is 0. The summed E-state index contributed by atoms with van der Waals surface area (Å²) < 4.78 is 12.0. The minimum absolute atomic E-state index is 0.0918. The lowest BCUT2D eigenvalue weighted by molar-refractivity contribution is -0.217. The first kappa shape index (κ1) is 9.71. The maximum Gasteiger partial charge on any atom is 0.293 e. The number of fused-ring (bicyclic) bond motifs is 3. The van der Waals surface area contributed by atoms with Gasteiger partial charge in [-0.25, -0.2) is 0 Å². The lowest BCUT2D eigenvalue weighted by Crippen LogP contribution is -2.56. The van der Waals surface area contributed by atoms with Gasteiger partial charge in [0, 0.05) is 4.43 Å². The van der Waals surface area contributed by atoms with Crippen molar-refractivity contribution in [3.05, 3.63) is 0 Å². The smallest absolute Gasteiger partial charge is 0.293 e. The normalized spacial score (nSPS) is 43.2. The van der Waals surface area contributed by atoms with Crippen LogP contribution in [0.4, 0.5) is 0 Å². The third-order valence-corrected chi connectivity index (χ3v) is 4.65. The van der Waals surface area contributed by atoms with Crippen molar-refractivity contribution in [2.45, 2.75) is 36.9 Å². The molecule has 1 aliphatic carbocycles. The van der Waals surface area contributed by atoms with Crippen LogP contribution in [0.2, 0.25) is 0 Å². The minimum Gasteiger partial charge on any atom is -0.459 e. The summed E-state index contributed by atoms with van der Waals surface area (Å²) in [5.41, 5.74) is -0.191. The third kappa shape index (κ3) is 1.58. The topological polar surface area (TPSA) is 35.5 Å². The van der Waals surface area contributed by atoms with Gasteiger partial charge in [-0.2, -0.15) is 0 Å². The van der Waals surface area contributed by atoms with Gasteiger partial charge in [0.25, 0.3) is 6.47 Å². The zero-order chi connectivity index (χ0) is 9.36. The second-order valence-electron chi connectivity index (χ2n) is 4.00. The molecule has 74 valence electrons. The molecule has 0 radical (unpaired) electrons. The van der Waals surface area contributed by atoms with E-state index < -0.39 is 0 Å². The van der Waals surface area contributed by atoms with Crippen molar-refractivity contribution in [1.29, 1.82) is 0 Å². The molecule has 13 heavy (non-hydrogen) atoms. The van der Waals surface area contributed by atoms with Crippen molar-refractivity contribution in [2.75, 3.05) is 11.0 Å². The number of ether oxygens (including phenoxy) is 2. The van der Waals surface area contributed by atoms with E-state index in [9.17, 15) is 4.79 Å². The first-order valence-electron chi connectivity index (χ1n) is 4.56. The average molecular weight is 296 g/mol. The lowest BCUT2D eigenvalue weighted by Gasteiger charge is -2.51. The molecule has 0 aromatic carbocycles. The van der Waals surface area contributed by atoms with Crippen molar-refractivity contribution in [2.24, 2.45) is 0 Å². The zero-order valence-corrected chi connectivity index (χ0v) is 9.58.